The largest absolute Gasteiger partial charge is 0.489 e. The summed E-state index contributed by atoms with van der Waals surface area (Å²) >= 11 is 0. The summed E-state index contributed by atoms with van der Waals surface area (Å²) in [5, 5.41) is 0. The third-order valence-corrected chi connectivity index (χ3v) is 4.40. The summed E-state index contributed by atoms with van der Waals surface area (Å²) in [5.74, 6) is 1.50. The molecule has 2 heterocycles. The molecule has 1 amide bonds. The van der Waals surface area contributed by atoms with Crippen molar-refractivity contribution in [2.75, 3.05) is 13.1 Å². The zero-order valence-electron chi connectivity index (χ0n) is 11.8. The molecule has 0 bridgehead atoms. The molecule has 20 heavy (non-hydrogen) atoms. The van der Waals surface area contributed by atoms with Gasteiger partial charge in [-0.15, -0.1) is 0 Å². The van der Waals surface area contributed by atoms with Crippen LogP contribution in [0.1, 0.15) is 38.5 Å². The van der Waals surface area contributed by atoms with Crippen molar-refractivity contribution in [1.29, 1.82) is 0 Å². The summed E-state index contributed by atoms with van der Waals surface area (Å²) in [4.78, 5) is 18.4. The van der Waals surface area contributed by atoms with Crippen molar-refractivity contribution < 1.29 is 9.53 Å². The Bertz CT molecular complexity index is 435. The van der Waals surface area contributed by atoms with E-state index in [-0.39, 0.29) is 6.10 Å². The average molecular weight is 274 g/mol. The maximum Gasteiger partial charge on any atom is 0.225 e. The molecule has 4 nitrogen and oxygen atoms in total. The maximum absolute atomic E-state index is 12.3. The van der Waals surface area contributed by atoms with Crippen LogP contribution in [0.25, 0.3) is 0 Å². The van der Waals surface area contributed by atoms with E-state index in [0.29, 0.717) is 11.8 Å². The van der Waals surface area contributed by atoms with Crippen molar-refractivity contribution in [2.45, 2.75) is 44.6 Å². The molecule has 2 fully saturated rings. The first-order valence-corrected chi connectivity index (χ1v) is 7.68. The standard InChI is InChI=1S/C16H22N2O2/c19-16(13-4-1-2-5-13)18-10-7-14(8-11-18)20-15-6-3-9-17-12-15/h3,6,9,12-14H,1-2,4-5,7-8,10-11H2. The second-order valence-electron chi connectivity index (χ2n) is 5.81. The first-order chi connectivity index (χ1) is 9.83. The van der Waals surface area contributed by atoms with Crippen LogP contribution in [0.15, 0.2) is 24.5 Å². The van der Waals surface area contributed by atoms with Crippen molar-refractivity contribution in [2.24, 2.45) is 5.92 Å². The van der Waals surface area contributed by atoms with E-state index in [4.69, 9.17) is 4.74 Å². The van der Waals surface area contributed by atoms with Crippen molar-refractivity contribution in [3.05, 3.63) is 24.5 Å². The fourth-order valence-corrected chi connectivity index (χ4v) is 3.23. The van der Waals surface area contributed by atoms with E-state index >= 15 is 0 Å². The second-order valence-corrected chi connectivity index (χ2v) is 5.81. The monoisotopic (exact) mass is 274 g/mol. The number of carbonyl (C=O) groups excluding carboxylic acids is 1. The minimum Gasteiger partial charge on any atom is -0.489 e. The molecule has 1 saturated heterocycles. The zero-order chi connectivity index (χ0) is 13.8. The first-order valence-electron chi connectivity index (χ1n) is 7.68. The SMILES string of the molecule is O=C(C1CCCC1)N1CCC(Oc2cccnc2)CC1. The van der Waals surface area contributed by atoms with Crippen LogP contribution in [0.2, 0.25) is 0 Å². The van der Waals surface area contributed by atoms with Crippen LogP contribution in [0.4, 0.5) is 0 Å². The second kappa shape index (κ2) is 6.25. The summed E-state index contributed by atoms with van der Waals surface area (Å²) < 4.78 is 5.91. The van der Waals surface area contributed by atoms with Crippen LogP contribution < -0.4 is 4.74 Å². The molecule has 2 aliphatic rings. The van der Waals surface area contributed by atoms with Crippen molar-refractivity contribution in [3.63, 3.8) is 0 Å². The Morgan fingerprint density at radius 3 is 2.60 bits per heavy atom. The summed E-state index contributed by atoms with van der Waals surface area (Å²) in [6, 6.07) is 3.82. The van der Waals surface area contributed by atoms with Crippen LogP contribution in [0.5, 0.6) is 5.75 Å². The lowest BCUT2D eigenvalue weighted by atomic mass is 10.0. The molecule has 1 aliphatic heterocycles. The highest BCUT2D eigenvalue weighted by atomic mass is 16.5. The van der Waals surface area contributed by atoms with Gasteiger partial charge in [-0.25, -0.2) is 0 Å². The third kappa shape index (κ3) is 3.11. The predicted octanol–water partition coefficient (Wildman–Crippen LogP) is 2.64. The summed E-state index contributed by atoms with van der Waals surface area (Å²) in [6.45, 7) is 1.67. The number of hydrogen-bond acceptors (Lipinski definition) is 3. The van der Waals surface area contributed by atoms with Gasteiger partial charge in [-0.3, -0.25) is 9.78 Å². The van der Waals surface area contributed by atoms with Crippen molar-refractivity contribution in [3.8, 4) is 5.75 Å². The van der Waals surface area contributed by atoms with Gasteiger partial charge in [-0.2, -0.15) is 0 Å². The summed E-state index contributed by atoms with van der Waals surface area (Å²) in [5.41, 5.74) is 0. The minimum absolute atomic E-state index is 0.215. The highest BCUT2D eigenvalue weighted by molar-refractivity contribution is 5.79. The number of nitrogens with zero attached hydrogens (tertiary/aromatic N) is 2. The highest BCUT2D eigenvalue weighted by Gasteiger charge is 2.30. The number of pyridine rings is 1. The van der Waals surface area contributed by atoms with E-state index in [1.165, 1.54) is 12.8 Å². The van der Waals surface area contributed by atoms with Crippen molar-refractivity contribution in [1.82, 2.24) is 9.88 Å². The molecule has 0 N–H and O–H groups in total. The Labute approximate surface area is 120 Å². The Hall–Kier alpha value is -1.58. The lowest BCUT2D eigenvalue weighted by Crippen LogP contribution is -2.43. The van der Waals surface area contributed by atoms with Gasteiger partial charge >= 0.3 is 0 Å². The van der Waals surface area contributed by atoms with Gasteiger partial charge in [0, 0.05) is 38.0 Å². The van der Waals surface area contributed by atoms with Crippen LogP contribution in [-0.2, 0) is 4.79 Å². The van der Waals surface area contributed by atoms with E-state index < -0.39 is 0 Å². The van der Waals surface area contributed by atoms with Crippen molar-refractivity contribution >= 4 is 5.91 Å². The molecule has 1 saturated carbocycles. The summed E-state index contributed by atoms with van der Waals surface area (Å²) in [7, 11) is 0. The normalized spacial score (nSPS) is 21.1. The molecule has 0 atom stereocenters. The van der Waals surface area contributed by atoms with E-state index in [2.05, 4.69) is 4.98 Å². The molecule has 3 rings (SSSR count). The number of ether oxygens (including phenoxy) is 1. The molecule has 4 heteroatoms. The number of rotatable bonds is 3. The third-order valence-electron chi connectivity index (χ3n) is 4.40. The minimum atomic E-state index is 0.215. The number of hydrogen-bond donors (Lipinski definition) is 0. The quantitative estimate of drug-likeness (QED) is 0.851. The fourth-order valence-electron chi connectivity index (χ4n) is 3.23. The molecule has 0 radical (unpaired) electrons. The van der Waals surface area contributed by atoms with Crippen LogP contribution in [0.3, 0.4) is 0 Å². The van der Waals surface area contributed by atoms with Gasteiger partial charge in [0.15, 0.2) is 0 Å². The van der Waals surface area contributed by atoms with Gasteiger partial charge in [0.05, 0.1) is 6.20 Å². The van der Waals surface area contributed by atoms with Crippen LogP contribution >= 0.6 is 0 Å². The number of carbonyl (C=O) groups is 1. The zero-order valence-corrected chi connectivity index (χ0v) is 11.8. The fraction of sp³-hybridized carbons (Fsp3) is 0.625. The van der Waals surface area contributed by atoms with E-state index in [9.17, 15) is 4.79 Å². The number of likely N-dealkylation sites (tertiary alicyclic amines) is 1. The van der Waals surface area contributed by atoms with Gasteiger partial charge in [0.1, 0.15) is 11.9 Å². The molecule has 1 aromatic heterocycles. The highest BCUT2D eigenvalue weighted by Crippen LogP contribution is 2.28. The van der Waals surface area contributed by atoms with Crippen LogP contribution in [-0.4, -0.2) is 35.0 Å². The van der Waals surface area contributed by atoms with Gasteiger partial charge in [0.2, 0.25) is 5.91 Å². The Balaban J connectivity index is 1.48. The lowest BCUT2D eigenvalue weighted by Gasteiger charge is -2.33. The lowest BCUT2D eigenvalue weighted by molar-refractivity contribution is -0.137. The van der Waals surface area contributed by atoms with E-state index in [0.717, 1.165) is 44.5 Å². The van der Waals surface area contributed by atoms with E-state index in [1.54, 1.807) is 12.4 Å². The number of amides is 1. The van der Waals surface area contributed by atoms with Gasteiger partial charge in [-0.1, -0.05) is 12.8 Å². The molecule has 108 valence electrons. The molecular weight excluding hydrogens is 252 g/mol. The Morgan fingerprint density at radius 1 is 1.20 bits per heavy atom. The smallest absolute Gasteiger partial charge is 0.225 e. The molecular formula is C16H22N2O2. The Morgan fingerprint density at radius 2 is 1.95 bits per heavy atom. The maximum atomic E-state index is 12.3. The number of aromatic nitrogens is 1. The molecule has 0 spiro atoms. The first kappa shape index (κ1) is 13.4. The average Bonchev–Trinajstić information content (AvgIpc) is 3.03. The predicted molar refractivity (Wildman–Crippen MR) is 76.4 cm³/mol. The molecule has 0 aromatic carbocycles. The molecule has 1 aliphatic carbocycles. The van der Waals surface area contributed by atoms with Gasteiger partial charge in [-0.05, 0) is 25.0 Å². The number of piperidine rings is 1. The topological polar surface area (TPSA) is 42.4 Å². The van der Waals surface area contributed by atoms with E-state index in [1.807, 2.05) is 17.0 Å². The summed E-state index contributed by atoms with van der Waals surface area (Å²) in [6.07, 6.45) is 10.2. The Kier molecular flexibility index (Phi) is 4.19. The molecule has 1 aromatic rings. The molecule has 0 unspecified atom stereocenters. The van der Waals surface area contributed by atoms with Crippen LogP contribution in [0, 0.1) is 5.92 Å². The van der Waals surface area contributed by atoms with Gasteiger partial charge in [0.25, 0.3) is 0 Å². The van der Waals surface area contributed by atoms with Gasteiger partial charge < -0.3 is 9.64 Å².